The molecule has 0 fully saturated rings. The summed E-state index contributed by atoms with van der Waals surface area (Å²) in [7, 11) is 0. The lowest BCUT2D eigenvalue weighted by Crippen LogP contribution is -2.08. The van der Waals surface area contributed by atoms with E-state index in [0.29, 0.717) is 6.04 Å². The van der Waals surface area contributed by atoms with Gasteiger partial charge in [-0.2, -0.15) is 0 Å². The number of benzene rings is 1. The molecule has 0 unspecified atom stereocenters. The molecule has 2 heteroatoms. The Morgan fingerprint density at radius 3 is 3.00 bits per heavy atom. The van der Waals surface area contributed by atoms with Crippen LogP contribution in [-0.4, -0.2) is 11.8 Å². The van der Waals surface area contributed by atoms with Gasteiger partial charge in [0.25, 0.3) is 0 Å². The second kappa shape index (κ2) is 2.87. The minimum Gasteiger partial charge on any atom is -0.382 e. The maximum absolute atomic E-state index is 11.1. The third kappa shape index (κ3) is 1.44. The van der Waals surface area contributed by atoms with Crippen molar-refractivity contribution in [2.24, 2.45) is 0 Å². The molecule has 0 aliphatic carbocycles. The number of fused-ring (bicyclic) bond motifs is 1. The Balaban J connectivity index is 2.40. The summed E-state index contributed by atoms with van der Waals surface area (Å²) in [5.74, 6) is 0.141. The fourth-order valence-corrected chi connectivity index (χ4v) is 1.77. The summed E-state index contributed by atoms with van der Waals surface area (Å²) in [6, 6.07) is 6.37. The van der Waals surface area contributed by atoms with Crippen LogP contribution >= 0.6 is 0 Å². The van der Waals surface area contributed by atoms with E-state index >= 15 is 0 Å². The van der Waals surface area contributed by atoms with Crippen LogP contribution in [0.3, 0.4) is 0 Å². The molecule has 0 bridgehead atoms. The Hall–Kier alpha value is -1.31. The van der Waals surface area contributed by atoms with Crippen LogP contribution < -0.4 is 5.32 Å². The van der Waals surface area contributed by atoms with Gasteiger partial charge in [-0.05, 0) is 44.0 Å². The van der Waals surface area contributed by atoms with Crippen molar-refractivity contribution in [3.05, 3.63) is 29.3 Å². The molecule has 2 rings (SSSR count). The molecule has 13 heavy (non-hydrogen) atoms. The lowest BCUT2D eigenvalue weighted by Gasteiger charge is -2.02. The molecule has 0 aromatic heterocycles. The predicted molar refractivity (Wildman–Crippen MR) is 53.2 cm³/mol. The van der Waals surface area contributed by atoms with Gasteiger partial charge < -0.3 is 5.32 Å². The van der Waals surface area contributed by atoms with Gasteiger partial charge in [0.2, 0.25) is 0 Å². The predicted octanol–water partition coefficient (Wildman–Crippen LogP) is 2.25. The largest absolute Gasteiger partial charge is 0.382 e. The van der Waals surface area contributed by atoms with E-state index in [0.717, 1.165) is 12.0 Å². The zero-order chi connectivity index (χ0) is 9.42. The lowest BCUT2D eigenvalue weighted by atomic mass is 10.1. The summed E-state index contributed by atoms with van der Waals surface area (Å²) < 4.78 is 0. The second-order valence-electron chi connectivity index (χ2n) is 3.68. The number of Topliss-reactive ketones (excluding diaryl/α,β-unsaturated/α-hetero) is 1. The first-order chi connectivity index (χ1) is 6.16. The first-order valence-corrected chi connectivity index (χ1v) is 4.57. The van der Waals surface area contributed by atoms with Crippen molar-refractivity contribution in [3.8, 4) is 0 Å². The smallest absolute Gasteiger partial charge is 0.159 e. The Morgan fingerprint density at radius 1 is 1.54 bits per heavy atom. The monoisotopic (exact) mass is 175 g/mol. The minimum absolute atomic E-state index is 0.141. The maximum Gasteiger partial charge on any atom is 0.159 e. The van der Waals surface area contributed by atoms with Crippen LogP contribution in [0.15, 0.2) is 18.2 Å². The molecule has 1 heterocycles. The van der Waals surface area contributed by atoms with Crippen molar-refractivity contribution in [3.63, 3.8) is 0 Å². The van der Waals surface area contributed by atoms with Crippen LogP contribution in [-0.2, 0) is 6.42 Å². The fraction of sp³-hybridized carbons (Fsp3) is 0.364. The highest BCUT2D eigenvalue weighted by Crippen LogP contribution is 2.26. The van der Waals surface area contributed by atoms with Crippen LogP contribution in [0.4, 0.5) is 5.69 Å². The molecular weight excluding hydrogens is 162 g/mol. The van der Waals surface area contributed by atoms with E-state index in [2.05, 4.69) is 12.2 Å². The van der Waals surface area contributed by atoms with Gasteiger partial charge in [-0.1, -0.05) is 0 Å². The zero-order valence-corrected chi connectivity index (χ0v) is 7.92. The summed E-state index contributed by atoms with van der Waals surface area (Å²) in [4.78, 5) is 11.1. The average molecular weight is 175 g/mol. The molecule has 68 valence electrons. The van der Waals surface area contributed by atoms with Gasteiger partial charge >= 0.3 is 0 Å². The minimum atomic E-state index is 0.141. The van der Waals surface area contributed by atoms with E-state index in [4.69, 9.17) is 0 Å². The number of hydrogen-bond acceptors (Lipinski definition) is 2. The molecule has 1 atom stereocenters. The normalized spacial score (nSPS) is 19.4. The van der Waals surface area contributed by atoms with Gasteiger partial charge in [0.1, 0.15) is 0 Å². The highest BCUT2D eigenvalue weighted by molar-refractivity contribution is 5.94. The number of anilines is 1. The van der Waals surface area contributed by atoms with Gasteiger partial charge in [0, 0.05) is 17.3 Å². The standard InChI is InChI=1S/C11H13NO/c1-7-5-10-6-9(8(2)13)3-4-11(10)12-7/h3-4,6-7,12H,5H2,1-2H3/t7-/m1/s1. The van der Waals surface area contributed by atoms with Crippen LogP contribution in [0.2, 0.25) is 0 Å². The molecule has 0 spiro atoms. The summed E-state index contributed by atoms with van der Waals surface area (Å²) in [6.45, 7) is 3.75. The molecular formula is C11H13NO. The number of rotatable bonds is 1. The third-order valence-corrected chi connectivity index (χ3v) is 2.44. The Morgan fingerprint density at radius 2 is 2.31 bits per heavy atom. The second-order valence-corrected chi connectivity index (χ2v) is 3.68. The van der Waals surface area contributed by atoms with Crippen molar-refractivity contribution < 1.29 is 4.79 Å². The van der Waals surface area contributed by atoms with Gasteiger partial charge in [-0.3, -0.25) is 4.79 Å². The maximum atomic E-state index is 11.1. The summed E-state index contributed by atoms with van der Waals surface area (Å²) in [5, 5.41) is 3.35. The first-order valence-electron chi connectivity index (χ1n) is 4.57. The average Bonchev–Trinajstić information content (AvgIpc) is 2.42. The fourth-order valence-electron chi connectivity index (χ4n) is 1.77. The SMILES string of the molecule is CC(=O)c1ccc2c(c1)C[C@@H](C)N2. The molecule has 0 amide bonds. The van der Waals surface area contributed by atoms with Gasteiger partial charge in [0.15, 0.2) is 5.78 Å². The quantitative estimate of drug-likeness (QED) is 0.663. The third-order valence-electron chi connectivity index (χ3n) is 2.44. The lowest BCUT2D eigenvalue weighted by molar-refractivity contribution is 0.101. The van der Waals surface area contributed by atoms with Crippen molar-refractivity contribution in [2.45, 2.75) is 26.3 Å². The number of ketones is 1. The number of nitrogens with one attached hydrogen (secondary N) is 1. The molecule has 1 N–H and O–H groups in total. The number of carbonyl (C=O) groups is 1. The number of hydrogen-bond donors (Lipinski definition) is 1. The Bertz CT molecular complexity index is 357. The van der Waals surface area contributed by atoms with Gasteiger partial charge in [0.05, 0.1) is 0 Å². The summed E-state index contributed by atoms with van der Waals surface area (Å²) in [5.41, 5.74) is 3.26. The Kier molecular flexibility index (Phi) is 1.83. The van der Waals surface area contributed by atoms with Crippen molar-refractivity contribution in [1.82, 2.24) is 0 Å². The van der Waals surface area contributed by atoms with Crippen LogP contribution in [0.5, 0.6) is 0 Å². The van der Waals surface area contributed by atoms with Crippen LogP contribution in [0.1, 0.15) is 29.8 Å². The topological polar surface area (TPSA) is 29.1 Å². The number of carbonyl (C=O) groups excluding carboxylic acids is 1. The zero-order valence-electron chi connectivity index (χ0n) is 7.92. The highest BCUT2D eigenvalue weighted by atomic mass is 16.1. The van der Waals surface area contributed by atoms with E-state index in [9.17, 15) is 4.79 Å². The first kappa shape index (κ1) is 8.30. The van der Waals surface area contributed by atoms with Crippen molar-refractivity contribution in [2.75, 3.05) is 5.32 Å². The van der Waals surface area contributed by atoms with E-state index < -0.39 is 0 Å². The van der Waals surface area contributed by atoms with E-state index in [1.54, 1.807) is 6.92 Å². The molecule has 1 aliphatic rings. The summed E-state index contributed by atoms with van der Waals surface area (Å²) in [6.07, 6.45) is 1.02. The molecule has 1 aromatic rings. The van der Waals surface area contributed by atoms with Crippen molar-refractivity contribution >= 4 is 11.5 Å². The molecule has 0 saturated heterocycles. The molecule has 1 aromatic carbocycles. The van der Waals surface area contributed by atoms with Crippen LogP contribution in [0.25, 0.3) is 0 Å². The highest BCUT2D eigenvalue weighted by Gasteiger charge is 2.16. The molecule has 0 radical (unpaired) electrons. The summed E-state index contributed by atoms with van der Waals surface area (Å²) >= 11 is 0. The Labute approximate surface area is 78.0 Å². The van der Waals surface area contributed by atoms with Gasteiger partial charge in [-0.25, -0.2) is 0 Å². The van der Waals surface area contributed by atoms with E-state index in [1.807, 2.05) is 18.2 Å². The van der Waals surface area contributed by atoms with Gasteiger partial charge in [-0.15, -0.1) is 0 Å². The van der Waals surface area contributed by atoms with Crippen molar-refractivity contribution in [1.29, 1.82) is 0 Å². The molecule has 0 saturated carbocycles. The van der Waals surface area contributed by atoms with E-state index in [1.165, 1.54) is 11.3 Å². The van der Waals surface area contributed by atoms with Crippen LogP contribution in [0, 0.1) is 0 Å². The molecule has 1 aliphatic heterocycles. The van der Waals surface area contributed by atoms with E-state index in [-0.39, 0.29) is 5.78 Å². The molecule has 2 nitrogen and oxygen atoms in total.